The number of likely N-dealkylation sites (tertiary alicyclic amines) is 1. The highest BCUT2D eigenvalue weighted by Gasteiger charge is 2.23. The molecule has 0 saturated carbocycles. The van der Waals surface area contributed by atoms with Crippen molar-refractivity contribution in [1.82, 2.24) is 10.2 Å². The molecule has 0 aromatic heterocycles. The molecule has 1 fully saturated rings. The normalized spacial score (nSPS) is 22.8. The first-order chi connectivity index (χ1) is 10.1. The fourth-order valence-electron chi connectivity index (χ4n) is 2.60. The van der Waals surface area contributed by atoms with Gasteiger partial charge in [-0.15, -0.1) is 0 Å². The van der Waals surface area contributed by atoms with Crippen LogP contribution in [0.1, 0.15) is 46.5 Å². The third-order valence-electron chi connectivity index (χ3n) is 3.86. The zero-order valence-electron chi connectivity index (χ0n) is 13.4. The van der Waals surface area contributed by atoms with Gasteiger partial charge in [-0.2, -0.15) is 5.26 Å². The van der Waals surface area contributed by atoms with E-state index in [1.54, 1.807) is 6.20 Å². The van der Waals surface area contributed by atoms with Gasteiger partial charge in [-0.25, -0.2) is 0 Å². The van der Waals surface area contributed by atoms with Crippen LogP contribution < -0.4 is 5.32 Å². The summed E-state index contributed by atoms with van der Waals surface area (Å²) in [6, 6.07) is 2.77. The molecule has 0 aromatic rings. The van der Waals surface area contributed by atoms with Crippen molar-refractivity contribution in [3.8, 4) is 6.07 Å². The van der Waals surface area contributed by atoms with Crippen LogP contribution in [0.5, 0.6) is 0 Å². The summed E-state index contributed by atoms with van der Waals surface area (Å²) >= 11 is 0. The lowest BCUT2D eigenvalue weighted by molar-refractivity contribution is -0.117. The van der Waals surface area contributed by atoms with E-state index >= 15 is 0 Å². The Labute approximate surface area is 127 Å². The molecule has 1 heterocycles. The highest BCUT2D eigenvalue weighted by molar-refractivity contribution is 5.97. The van der Waals surface area contributed by atoms with Crippen LogP contribution in [0.2, 0.25) is 0 Å². The lowest BCUT2D eigenvalue weighted by Gasteiger charge is -2.38. The first-order valence-electron chi connectivity index (χ1n) is 7.85. The fraction of sp³-hybridized carbons (Fsp3) is 0.750. The van der Waals surface area contributed by atoms with Crippen LogP contribution in [0.15, 0.2) is 11.8 Å². The molecule has 1 saturated heterocycles. The first-order valence-corrected chi connectivity index (χ1v) is 7.85. The Morgan fingerprint density at radius 3 is 2.67 bits per heavy atom. The van der Waals surface area contributed by atoms with Crippen molar-refractivity contribution in [1.29, 1.82) is 5.26 Å². The number of carbonyl (C=O) groups excluding carboxylic acids is 1. The lowest BCUT2D eigenvalue weighted by atomic mass is 9.98. The Morgan fingerprint density at radius 2 is 2.10 bits per heavy atom. The number of ether oxygens (including phenoxy) is 1. The van der Waals surface area contributed by atoms with Gasteiger partial charge >= 0.3 is 0 Å². The predicted molar refractivity (Wildman–Crippen MR) is 82.4 cm³/mol. The smallest absolute Gasteiger partial charge is 0.263 e. The van der Waals surface area contributed by atoms with Crippen molar-refractivity contribution >= 4 is 5.91 Å². The van der Waals surface area contributed by atoms with Gasteiger partial charge in [-0.1, -0.05) is 0 Å². The van der Waals surface area contributed by atoms with E-state index in [0.717, 1.165) is 19.3 Å². The summed E-state index contributed by atoms with van der Waals surface area (Å²) in [6.45, 7) is 8.06. The number of rotatable bonds is 7. The zero-order valence-corrected chi connectivity index (χ0v) is 13.4. The summed E-state index contributed by atoms with van der Waals surface area (Å²) in [7, 11) is 0. The Hall–Kier alpha value is -1.54. The predicted octanol–water partition coefficient (Wildman–Crippen LogP) is 2.20. The summed E-state index contributed by atoms with van der Waals surface area (Å²) in [6.07, 6.45) is 5.91. The van der Waals surface area contributed by atoms with Crippen molar-refractivity contribution in [2.45, 2.75) is 58.5 Å². The molecular formula is C16H27N3O2. The molecule has 21 heavy (non-hydrogen) atoms. The van der Waals surface area contributed by atoms with E-state index < -0.39 is 0 Å². The van der Waals surface area contributed by atoms with Crippen LogP contribution >= 0.6 is 0 Å². The maximum Gasteiger partial charge on any atom is 0.263 e. The maximum absolute atomic E-state index is 12.0. The van der Waals surface area contributed by atoms with Gasteiger partial charge in [0.15, 0.2) is 0 Å². The summed E-state index contributed by atoms with van der Waals surface area (Å²) < 4.78 is 5.21. The largest absolute Gasteiger partial charge is 0.382 e. The summed E-state index contributed by atoms with van der Waals surface area (Å²) in [5, 5.41) is 12.0. The number of nitriles is 1. The highest BCUT2D eigenvalue weighted by atomic mass is 16.5. The van der Waals surface area contributed by atoms with Gasteiger partial charge in [0, 0.05) is 38.0 Å². The monoisotopic (exact) mass is 293 g/mol. The molecule has 1 rings (SSSR count). The van der Waals surface area contributed by atoms with E-state index in [2.05, 4.69) is 24.1 Å². The van der Waals surface area contributed by atoms with Gasteiger partial charge in [0.2, 0.25) is 0 Å². The van der Waals surface area contributed by atoms with Gasteiger partial charge in [-0.3, -0.25) is 4.79 Å². The van der Waals surface area contributed by atoms with Crippen molar-refractivity contribution in [2.75, 3.05) is 19.8 Å². The summed E-state index contributed by atoms with van der Waals surface area (Å²) in [5.74, 6) is -0.293. The van der Waals surface area contributed by atoms with E-state index in [1.807, 2.05) is 13.0 Å². The third kappa shape index (κ3) is 5.76. The molecule has 0 aliphatic carbocycles. The lowest BCUT2D eigenvalue weighted by Crippen LogP contribution is -2.40. The van der Waals surface area contributed by atoms with Gasteiger partial charge in [0.25, 0.3) is 5.91 Å². The molecule has 1 N–H and O–H groups in total. The average molecular weight is 293 g/mol. The van der Waals surface area contributed by atoms with Crippen LogP contribution in [0, 0.1) is 11.3 Å². The SMILES string of the molecule is CCOCCCNC(=O)/C(C#N)=C\N1C(C)CCCC1C. The van der Waals surface area contributed by atoms with Gasteiger partial charge < -0.3 is 15.0 Å². The van der Waals surface area contributed by atoms with Gasteiger partial charge in [0.1, 0.15) is 11.6 Å². The second kappa shape index (κ2) is 9.41. The molecule has 2 unspecified atom stereocenters. The Kier molecular flexibility index (Phi) is 7.84. The number of hydrogen-bond acceptors (Lipinski definition) is 4. The van der Waals surface area contributed by atoms with Crippen molar-refractivity contribution in [3.63, 3.8) is 0 Å². The van der Waals surface area contributed by atoms with Gasteiger partial charge in [-0.05, 0) is 46.5 Å². The number of nitrogens with zero attached hydrogens (tertiary/aromatic N) is 2. The maximum atomic E-state index is 12.0. The van der Waals surface area contributed by atoms with Crippen LogP contribution in [0.4, 0.5) is 0 Å². The van der Waals surface area contributed by atoms with E-state index in [-0.39, 0.29) is 11.5 Å². The molecule has 1 aliphatic heterocycles. The molecule has 0 aromatic carbocycles. The van der Waals surface area contributed by atoms with E-state index in [4.69, 9.17) is 4.74 Å². The fourth-order valence-corrected chi connectivity index (χ4v) is 2.60. The third-order valence-corrected chi connectivity index (χ3v) is 3.86. The number of hydrogen-bond donors (Lipinski definition) is 1. The molecule has 118 valence electrons. The van der Waals surface area contributed by atoms with Crippen molar-refractivity contribution < 1.29 is 9.53 Å². The molecule has 2 atom stereocenters. The molecule has 0 bridgehead atoms. The molecule has 1 aliphatic rings. The Bertz CT molecular complexity index is 391. The summed E-state index contributed by atoms with van der Waals surface area (Å²) in [4.78, 5) is 14.2. The van der Waals surface area contributed by atoms with Crippen LogP contribution in [0.3, 0.4) is 0 Å². The summed E-state index contributed by atoms with van der Waals surface area (Å²) in [5.41, 5.74) is 0.187. The first kappa shape index (κ1) is 17.5. The van der Waals surface area contributed by atoms with E-state index in [1.165, 1.54) is 6.42 Å². The van der Waals surface area contributed by atoms with Crippen molar-refractivity contribution in [3.05, 3.63) is 11.8 Å². The molecular weight excluding hydrogens is 266 g/mol. The Morgan fingerprint density at radius 1 is 1.43 bits per heavy atom. The molecule has 0 spiro atoms. The van der Waals surface area contributed by atoms with Crippen LogP contribution in [0.25, 0.3) is 0 Å². The number of carbonyl (C=O) groups is 1. The minimum absolute atomic E-state index is 0.187. The quantitative estimate of drug-likeness (QED) is 0.444. The van der Waals surface area contributed by atoms with Crippen molar-refractivity contribution in [2.24, 2.45) is 0 Å². The molecule has 5 heteroatoms. The van der Waals surface area contributed by atoms with Gasteiger partial charge in [0.05, 0.1) is 0 Å². The van der Waals surface area contributed by atoms with Crippen LogP contribution in [-0.2, 0) is 9.53 Å². The average Bonchev–Trinajstić information content (AvgIpc) is 2.46. The topological polar surface area (TPSA) is 65.4 Å². The number of nitrogens with one attached hydrogen (secondary N) is 1. The second-order valence-electron chi connectivity index (χ2n) is 5.54. The number of piperidine rings is 1. The zero-order chi connectivity index (χ0) is 15.7. The molecule has 5 nitrogen and oxygen atoms in total. The number of amides is 1. The minimum atomic E-state index is -0.293. The highest BCUT2D eigenvalue weighted by Crippen LogP contribution is 2.23. The standard InChI is InChI=1S/C16H27N3O2/c1-4-21-10-6-9-18-16(20)15(11-17)12-19-13(2)7-5-8-14(19)3/h12-14H,4-10H2,1-3H3,(H,18,20)/b15-12-. The second-order valence-corrected chi connectivity index (χ2v) is 5.54. The molecule has 0 radical (unpaired) electrons. The molecule has 1 amide bonds. The Balaban J connectivity index is 2.54. The van der Waals surface area contributed by atoms with E-state index in [0.29, 0.717) is 31.8 Å². The van der Waals surface area contributed by atoms with Crippen LogP contribution in [-0.4, -0.2) is 42.6 Å². The minimum Gasteiger partial charge on any atom is -0.382 e. The van der Waals surface area contributed by atoms with E-state index in [9.17, 15) is 10.1 Å².